The van der Waals surface area contributed by atoms with Crippen molar-refractivity contribution in [2.45, 2.75) is 33.7 Å². The van der Waals surface area contributed by atoms with Gasteiger partial charge in [0.25, 0.3) is 5.91 Å². The Morgan fingerprint density at radius 3 is 2.56 bits per heavy atom. The minimum atomic E-state index is -0.111. The van der Waals surface area contributed by atoms with Crippen LogP contribution in [-0.4, -0.2) is 20.7 Å². The Labute approximate surface area is 147 Å². The van der Waals surface area contributed by atoms with Gasteiger partial charge in [-0.25, -0.2) is 4.68 Å². The average molecular weight is 334 g/mol. The summed E-state index contributed by atoms with van der Waals surface area (Å²) < 4.78 is 1.89. The normalized spacial score (nSPS) is 10.7. The van der Waals surface area contributed by atoms with Crippen molar-refractivity contribution in [3.05, 3.63) is 76.9 Å². The molecule has 128 valence electrons. The molecule has 0 radical (unpaired) electrons. The number of hydrogen-bond acceptors (Lipinski definition) is 3. The van der Waals surface area contributed by atoms with Crippen LogP contribution in [0.1, 0.15) is 39.9 Å². The van der Waals surface area contributed by atoms with Crippen molar-refractivity contribution in [1.29, 1.82) is 0 Å². The summed E-state index contributed by atoms with van der Waals surface area (Å²) in [7, 11) is 0. The van der Waals surface area contributed by atoms with Gasteiger partial charge in [-0.1, -0.05) is 31.2 Å². The number of nitrogens with zero attached hydrogens (tertiary/aromatic N) is 3. The van der Waals surface area contributed by atoms with Gasteiger partial charge in [0.2, 0.25) is 0 Å². The zero-order chi connectivity index (χ0) is 17.8. The summed E-state index contributed by atoms with van der Waals surface area (Å²) in [5.74, 6) is -0.111. The summed E-state index contributed by atoms with van der Waals surface area (Å²) in [5.41, 5.74) is 5.27. The van der Waals surface area contributed by atoms with E-state index in [0.29, 0.717) is 12.1 Å². The minimum Gasteiger partial charge on any atom is -0.346 e. The van der Waals surface area contributed by atoms with Crippen molar-refractivity contribution in [2.24, 2.45) is 0 Å². The summed E-state index contributed by atoms with van der Waals surface area (Å²) in [5, 5.41) is 7.58. The Kier molecular flexibility index (Phi) is 4.93. The van der Waals surface area contributed by atoms with E-state index in [-0.39, 0.29) is 5.91 Å². The van der Waals surface area contributed by atoms with Crippen LogP contribution in [-0.2, 0) is 13.0 Å². The molecule has 0 spiro atoms. The van der Waals surface area contributed by atoms with E-state index in [0.717, 1.165) is 34.8 Å². The van der Waals surface area contributed by atoms with Crippen molar-refractivity contribution in [3.63, 3.8) is 0 Å². The molecule has 1 N–H and O–H groups in total. The predicted octanol–water partition coefficient (Wildman–Crippen LogP) is 3.38. The molecular weight excluding hydrogens is 312 g/mol. The lowest BCUT2D eigenvalue weighted by molar-refractivity contribution is 0.0949. The Morgan fingerprint density at radius 2 is 1.88 bits per heavy atom. The van der Waals surface area contributed by atoms with Crippen LogP contribution < -0.4 is 5.32 Å². The number of pyridine rings is 1. The lowest BCUT2D eigenvalue weighted by atomic mass is 10.1. The van der Waals surface area contributed by atoms with Crippen molar-refractivity contribution in [1.82, 2.24) is 20.1 Å². The van der Waals surface area contributed by atoms with Gasteiger partial charge in [-0.15, -0.1) is 0 Å². The lowest BCUT2D eigenvalue weighted by Gasteiger charge is -2.10. The molecule has 0 unspecified atom stereocenters. The van der Waals surface area contributed by atoms with E-state index in [1.165, 1.54) is 0 Å². The number of rotatable bonds is 5. The highest BCUT2D eigenvalue weighted by Crippen LogP contribution is 2.21. The van der Waals surface area contributed by atoms with Gasteiger partial charge in [0.1, 0.15) is 0 Å². The summed E-state index contributed by atoms with van der Waals surface area (Å²) in [6.07, 6.45) is 2.45. The monoisotopic (exact) mass is 334 g/mol. The third kappa shape index (κ3) is 3.45. The number of hydrogen-bond donors (Lipinski definition) is 1. The van der Waals surface area contributed by atoms with Gasteiger partial charge in [-0.2, -0.15) is 5.10 Å². The maximum atomic E-state index is 12.8. The SMILES string of the molecule is CCc1c(C(=O)NCc2ccccn2)c(C)nn1-c1ccccc1C. The molecular formula is C20H22N4O. The second kappa shape index (κ2) is 7.30. The topological polar surface area (TPSA) is 59.8 Å². The summed E-state index contributed by atoms with van der Waals surface area (Å²) >= 11 is 0. The molecule has 5 heteroatoms. The number of aromatic nitrogens is 3. The third-order valence-electron chi connectivity index (χ3n) is 4.22. The predicted molar refractivity (Wildman–Crippen MR) is 97.8 cm³/mol. The number of carbonyl (C=O) groups is 1. The second-order valence-corrected chi connectivity index (χ2v) is 5.96. The number of amides is 1. The van der Waals surface area contributed by atoms with Crippen molar-refractivity contribution in [3.8, 4) is 5.69 Å². The standard InChI is InChI=1S/C20H22N4O/c1-4-17-19(20(25)22-13-16-10-7-8-12-21-16)15(3)23-24(17)18-11-6-5-9-14(18)2/h5-12H,4,13H2,1-3H3,(H,22,25). The number of nitrogens with one attached hydrogen (secondary N) is 1. The summed E-state index contributed by atoms with van der Waals surface area (Å²) in [4.78, 5) is 17.0. The van der Waals surface area contributed by atoms with Gasteiger partial charge >= 0.3 is 0 Å². The average Bonchev–Trinajstić information content (AvgIpc) is 2.97. The first kappa shape index (κ1) is 16.9. The first-order valence-corrected chi connectivity index (χ1v) is 8.44. The van der Waals surface area contributed by atoms with E-state index in [1.54, 1.807) is 6.20 Å². The first-order chi connectivity index (χ1) is 12.1. The van der Waals surface area contributed by atoms with E-state index < -0.39 is 0 Å². The van der Waals surface area contributed by atoms with Crippen LogP contribution in [0.4, 0.5) is 0 Å². The lowest BCUT2D eigenvalue weighted by Crippen LogP contribution is -2.25. The minimum absolute atomic E-state index is 0.111. The molecule has 2 heterocycles. The number of para-hydroxylation sites is 1. The molecule has 0 saturated carbocycles. The van der Waals surface area contributed by atoms with Crippen molar-refractivity contribution < 1.29 is 4.79 Å². The van der Waals surface area contributed by atoms with E-state index in [2.05, 4.69) is 15.4 Å². The number of benzene rings is 1. The molecule has 0 fully saturated rings. The van der Waals surface area contributed by atoms with Crippen molar-refractivity contribution in [2.75, 3.05) is 0 Å². The molecule has 0 bridgehead atoms. The smallest absolute Gasteiger partial charge is 0.255 e. The van der Waals surface area contributed by atoms with Gasteiger partial charge in [0.05, 0.1) is 34.9 Å². The fourth-order valence-electron chi connectivity index (χ4n) is 2.96. The van der Waals surface area contributed by atoms with Crippen LogP contribution in [0, 0.1) is 13.8 Å². The molecule has 3 rings (SSSR count). The van der Waals surface area contributed by atoms with Gasteiger partial charge in [0, 0.05) is 6.20 Å². The van der Waals surface area contributed by atoms with Gasteiger partial charge in [0.15, 0.2) is 0 Å². The van der Waals surface area contributed by atoms with Gasteiger partial charge in [-0.3, -0.25) is 9.78 Å². The zero-order valence-electron chi connectivity index (χ0n) is 14.8. The molecule has 0 aliphatic carbocycles. The first-order valence-electron chi connectivity index (χ1n) is 8.44. The second-order valence-electron chi connectivity index (χ2n) is 5.96. The van der Waals surface area contributed by atoms with Crippen LogP contribution in [0.5, 0.6) is 0 Å². The molecule has 3 aromatic rings. The third-order valence-corrected chi connectivity index (χ3v) is 4.22. The molecule has 1 amide bonds. The molecule has 25 heavy (non-hydrogen) atoms. The Morgan fingerprint density at radius 1 is 1.12 bits per heavy atom. The van der Waals surface area contributed by atoms with Crippen LogP contribution in [0.25, 0.3) is 5.69 Å². The Bertz CT molecular complexity index is 884. The van der Waals surface area contributed by atoms with Crippen LogP contribution in [0.15, 0.2) is 48.7 Å². The molecule has 0 saturated heterocycles. The highest BCUT2D eigenvalue weighted by molar-refractivity contribution is 5.96. The van der Waals surface area contributed by atoms with E-state index in [1.807, 2.05) is 67.9 Å². The molecule has 0 atom stereocenters. The zero-order valence-corrected chi connectivity index (χ0v) is 14.8. The van der Waals surface area contributed by atoms with Crippen molar-refractivity contribution >= 4 is 5.91 Å². The molecule has 0 aliphatic heterocycles. The van der Waals surface area contributed by atoms with E-state index in [4.69, 9.17) is 0 Å². The van der Waals surface area contributed by atoms with E-state index in [9.17, 15) is 4.79 Å². The maximum absolute atomic E-state index is 12.8. The number of carbonyl (C=O) groups excluding carboxylic acids is 1. The molecule has 0 aliphatic rings. The largest absolute Gasteiger partial charge is 0.346 e. The fraction of sp³-hybridized carbons (Fsp3) is 0.250. The summed E-state index contributed by atoms with van der Waals surface area (Å²) in [6, 6.07) is 13.7. The van der Waals surface area contributed by atoms with Crippen LogP contribution >= 0.6 is 0 Å². The van der Waals surface area contributed by atoms with Gasteiger partial charge in [-0.05, 0) is 44.0 Å². The number of aryl methyl sites for hydroxylation is 2. The Hall–Kier alpha value is -2.95. The molecule has 2 aromatic heterocycles. The maximum Gasteiger partial charge on any atom is 0.255 e. The highest BCUT2D eigenvalue weighted by atomic mass is 16.1. The molecule has 5 nitrogen and oxygen atoms in total. The quantitative estimate of drug-likeness (QED) is 0.778. The fourth-order valence-corrected chi connectivity index (χ4v) is 2.96. The Balaban J connectivity index is 1.91. The molecule has 1 aromatic carbocycles. The summed E-state index contributed by atoms with van der Waals surface area (Å²) in [6.45, 7) is 6.37. The van der Waals surface area contributed by atoms with Gasteiger partial charge < -0.3 is 5.32 Å². The van der Waals surface area contributed by atoms with Crippen LogP contribution in [0.2, 0.25) is 0 Å². The highest BCUT2D eigenvalue weighted by Gasteiger charge is 2.21. The van der Waals surface area contributed by atoms with E-state index >= 15 is 0 Å². The van der Waals surface area contributed by atoms with Crippen LogP contribution in [0.3, 0.4) is 0 Å².